The van der Waals surface area contributed by atoms with E-state index in [9.17, 15) is 4.39 Å². The van der Waals surface area contributed by atoms with Crippen molar-refractivity contribution < 1.29 is 18.4 Å². The maximum atomic E-state index is 13.8. The molecular formula is C18H18FN3O3. The molecule has 0 aliphatic heterocycles. The lowest BCUT2D eigenvalue weighted by Gasteiger charge is -2.06. The van der Waals surface area contributed by atoms with Gasteiger partial charge in [0.05, 0.1) is 13.7 Å². The quantitative estimate of drug-likeness (QED) is 0.702. The Bertz CT molecular complexity index is 851. The number of methoxy groups -OCH3 is 1. The summed E-state index contributed by atoms with van der Waals surface area (Å²) in [5, 5.41) is 6.91. The number of nitrogens with zero attached hydrogens (tertiary/aromatic N) is 2. The first-order valence-corrected chi connectivity index (χ1v) is 7.83. The van der Waals surface area contributed by atoms with E-state index < -0.39 is 5.82 Å². The topological polar surface area (TPSA) is 69.4 Å². The zero-order valence-electron chi connectivity index (χ0n) is 14.0. The molecule has 25 heavy (non-hydrogen) atoms. The van der Waals surface area contributed by atoms with Crippen molar-refractivity contribution in [3.63, 3.8) is 0 Å². The number of rotatable bonds is 7. The van der Waals surface area contributed by atoms with Crippen molar-refractivity contribution in [3.8, 4) is 22.9 Å². The Labute approximate surface area is 144 Å². The standard InChI is InChI=1S/C18H18FN3O3/c1-3-24-16-8-7-12(9-15(16)19)11-20-18-21-17(22-25-18)13-5-4-6-14(10-13)23-2/h4-10H,3,11H2,1-2H3,(H,20,21,22). The van der Waals surface area contributed by atoms with Crippen LogP contribution in [0.4, 0.5) is 10.4 Å². The Hall–Kier alpha value is -3.09. The van der Waals surface area contributed by atoms with Crippen LogP contribution in [0.3, 0.4) is 0 Å². The normalized spacial score (nSPS) is 10.5. The number of halogens is 1. The van der Waals surface area contributed by atoms with E-state index in [1.54, 1.807) is 19.2 Å². The molecule has 0 saturated carbocycles. The summed E-state index contributed by atoms with van der Waals surface area (Å²) in [6, 6.07) is 12.4. The molecule has 3 aromatic rings. The predicted molar refractivity (Wildman–Crippen MR) is 91.2 cm³/mol. The molecule has 0 spiro atoms. The molecule has 0 atom stereocenters. The number of hydrogen-bond donors (Lipinski definition) is 1. The summed E-state index contributed by atoms with van der Waals surface area (Å²) in [6.45, 7) is 2.58. The highest BCUT2D eigenvalue weighted by molar-refractivity contribution is 5.57. The van der Waals surface area contributed by atoms with Gasteiger partial charge in [-0.05, 0) is 36.8 Å². The minimum absolute atomic E-state index is 0.240. The molecule has 1 N–H and O–H groups in total. The van der Waals surface area contributed by atoms with Gasteiger partial charge >= 0.3 is 6.01 Å². The highest BCUT2D eigenvalue weighted by atomic mass is 19.1. The van der Waals surface area contributed by atoms with Crippen LogP contribution in [-0.4, -0.2) is 23.9 Å². The molecule has 1 aromatic heterocycles. The van der Waals surface area contributed by atoms with Crippen molar-refractivity contribution in [2.75, 3.05) is 19.0 Å². The van der Waals surface area contributed by atoms with Crippen molar-refractivity contribution in [3.05, 3.63) is 53.8 Å². The molecule has 0 radical (unpaired) electrons. The first kappa shape index (κ1) is 16.8. The minimum Gasteiger partial charge on any atom is -0.497 e. The average Bonchev–Trinajstić information content (AvgIpc) is 3.11. The molecule has 7 heteroatoms. The molecular weight excluding hydrogens is 325 g/mol. The summed E-state index contributed by atoms with van der Waals surface area (Å²) >= 11 is 0. The summed E-state index contributed by atoms with van der Waals surface area (Å²) < 4.78 is 29.4. The van der Waals surface area contributed by atoms with E-state index >= 15 is 0 Å². The van der Waals surface area contributed by atoms with Crippen LogP contribution in [0.1, 0.15) is 12.5 Å². The highest BCUT2D eigenvalue weighted by Gasteiger charge is 2.10. The zero-order valence-corrected chi connectivity index (χ0v) is 14.0. The predicted octanol–water partition coefficient (Wildman–Crippen LogP) is 3.90. The van der Waals surface area contributed by atoms with Crippen molar-refractivity contribution in [1.29, 1.82) is 0 Å². The fourth-order valence-electron chi connectivity index (χ4n) is 2.28. The Balaban J connectivity index is 1.66. The van der Waals surface area contributed by atoms with E-state index in [1.165, 1.54) is 6.07 Å². The third-order valence-corrected chi connectivity index (χ3v) is 3.49. The summed E-state index contributed by atoms with van der Waals surface area (Å²) in [5.74, 6) is 0.994. The molecule has 2 aromatic carbocycles. The van der Waals surface area contributed by atoms with Crippen molar-refractivity contribution in [2.24, 2.45) is 0 Å². The van der Waals surface area contributed by atoms with E-state index in [0.717, 1.165) is 11.1 Å². The number of hydrogen-bond acceptors (Lipinski definition) is 6. The Morgan fingerprint density at radius 1 is 1.20 bits per heavy atom. The summed E-state index contributed by atoms with van der Waals surface area (Å²) in [7, 11) is 1.60. The van der Waals surface area contributed by atoms with Crippen LogP contribution < -0.4 is 14.8 Å². The van der Waals surface area contributed by atoms with Crippen molar-refractivity contribution >= 4 is 6.01 Å². The average molecular weight is 343 g/mol. The van der Waals surface area contributed by atoms with Crippen LogP contribution in [-0.2, 0) is 6.54 Å². The van der Waals surface area contributed by atoms with E-state index in [0.29, 0.717) is 24.7 Å². The summed E-state index contributed by atoms with van der Waals surface area (Å²) in [6.07, 6.45) is 0. The van der Waals surface area contributed by atoms with Gasteiger partial charge in [-0.15, -0.1) is 0 Å². The Morgan fingerprint density at radius 3 is 2.84 bits per heavy atom. The van der Waals surface area contributed by atoms with Crippen molar-refractivity contribution in [2.45, 2.75) is 13.5 Å². The van der Waals surface area contributed by atoms with Crippen molar-refractivity contribution in [1.82, 2.24) is 10.1 Å². The first-order valence-electron chi connectivity index (χ1n) is 7.83. The second-order valence-electron chi connectivity index (χ2n) is 5.21. The van der Waals surface area contributed by atoms with Gasteiger partial charge in [0.15, 0.2) is 11.6 Å². The highest BCUT2D eigenvalue weighted by Crippen LogP contribution is 2.23. The lowest BCUT2D eigenvalue weighted by Crippen LogP contribution is -2.01. The van der Waals surface area contributed by atoms with E-state index in [4.69, 9.17) is 14.0 Å². The van der Waals surface area contributed by atoms with E-state index in [1.807, 2.05) is 31.2 Å². The van der Waals surface area contributed by atoms with Gasteiger partial charge in [0, 0.05) is 12.1 Å². The lowest BCUT2D eigenvalue weighted by atomic mass is 10.2. The molecule has 0 unspecified atom stereocenters. The third kappa shape index (κ3) is 4.06. The minimum atomic E-state index is -0.399. The van der Waals surface area contributed by atoms with E-state index in [2.05, 4.69) is 15.5 Å². The van der Waals surface area contributed by atoms with Crippen LogP contribution in [0.15, 0.2) is 47.0 Å². The fourth-order valence-corrected chi connectivity index (χ4v) is 2.28. The van der Waals surface area contributed by atoms with Crippen LogP contribution in [0, 0.1) is 5.82 Å². The van der Waals surface area contributed by atoms with E-state index in [-0.39, 0.29) is 11.8 Å². The van der Waals surface area contributed by atoms with Gasteiger partial charge in [-0.1, -0.05) is 23.4 Å². The summed E-state index contributed by atoms with van der Waals surface area (Å²) in [5.41, 5.74) is 1.52. The molecule has 6 nitrogen and oxygen atoms in total. The van der Waals surface area contributed by atoms with Crippen LogP contribution in [0.5, 0.6) is 11.5 Å². The first-order chi connectivity index (χ1) is 12.2. The third-order valence-electron chi connectivity index (χ3n) is 3.49. The number of anilines is 1. The fraction of sp³-hybridized carbons (Fsp3) is 0.222. The lowest BCUT2D eigenvalue weighted by molar-refractivity contribution is 0.321. The number of ether oxygens (including phenoxy) is 2. The SMILES string of the molecule is CCOc1ccc(CNc2nc(-c3cccc(OC)c3)no2)cc1F. The molecule has 0 saturated heterocycles. The number of benzene rings is 2. The maximum Gasteiger partial charge on any atom is 0.322 e. The number of aromatic nitrogens is 2. The Morgan fingerprint density at radius 2 is 2.08 bits per heavy atom. The largest absolute Gasteiger partial charge is 0.497 e. The van der Waals surface area contributed by atoms with Gasteiger partial charge < -0.3 is 19.3 Å². The Kier molecular flexibility index (Phi) is 5.13. The zero-order chi connectivity index (χ0) is 17.6. The van der Waals surface area contributed by atoms with Crippen LogP contribution in [0.25, 0.3) is 11.4 Å². The van der Waals surface area contributed by atoms with Gasteiger partial charge in [0.25, 0.3) is 0 Å². The molecule has 0 bridgehead atoms. The van der Waals surface area contributed by atoms with Gasteiger partial charge in [-0.2, -0.15) is 4.98 Å². The molecule has 0 amide bonds. The molecule has 1 heterocycles. The monoisotopic (exact) mass is 343 g/mol. The molecule has 0 aliphatic carbocycles. The van der Waals surface area contributed by atoms with Crippen LogP contribution >= 0.6 is 0 Å². The molecule has 0 fully saturated rings. The number of nitrogens with one attached hydrogen (secondary N) is 1. The van der Waals surface area contributed by atoms with Gasteiger partial charge in [-0.3, -0.25) is 0 Å². The van der Waals surface area contributed by atoms with Crippen LogP contribution in [0.2, 0.25) is 0 Å². The molecule has 130 valence electrons. The molecule has 3 rings (SSSR count). The second kappa shape index (κ2) is 7.65. The maximum absolute atomic E-state index is 13.8. The molecule has 0 aliphatic rings. The summed E-state index contributed by atoms with van der Waals surface area (Å²) in [4.78, 5) is 4.28. The second-order valence-corrected chi connectivity index (χ2v) is 5.21. The van der Waals surface area contributed by atoms with Gasteiger partial charge in [0.1, 0.15) is 5.75 Å². The van der Waals surface area contributed by atoms with Gasteiger partial charge in [-0.25, -0.2) is 4.39 Å². The van der Waals surface area contributed by atoms with Gasteiger partial charge in [0.2, 0.25) is 5.82 Å². The smallest absolute Gasteiger partial charge is 0.322 e.